The van der Waals surface area contributed by atoms with E-state index in [0.29, 0.717) is 30.6 Å². The molecule has 2 aromatic rings. The highest BCUT2D eigenvalue weighted by Crippen LogP contribution is 2.43. The Balaban J connectivity index is 1.59. The highest BCUT2D eigenvalue weighted by Gasteiger charge is 2.27. The van der Waals surface area contributed by atoms with Crippen molar-refractivity contribution in [1.29, 1.82) is 0 Å². The number of nitrogens with zero attached hydrogens (tertiary/aromatic N) is 3. The van der Waals surface area contributed by atoms with Crippen molar-refractivity contribution in [3.8, 4) is 0 Å². The number of non-ortho nitro benzene ring substituents is 1. The number of nitro groups is 1. The van der Waals surface area contributed by atoms with Crippen LogP contribution in [0.25, 0.3) is 11.0 Å². The summed E-state index contributed by atoms with van der Waals surface area (Å²) in [7, 11) is -4.63. The van der Waals surface area contributed by atoms with E-state index in [4.69, 9.17) is 19.1 Å². The van der Waals surface area contributed by atoms with E-state index in [2.05, 4.69) is 24.8 Å². The third-order valence-corrected chi connectivity index (χ3v) is 8.19. The van der Waals surface area contributed by atoms with E-state index in [9.17, 15) is 34.3 Å². The van der Waals surface area contributed by atoms with Crippen molar-refractivity contribution in [2.75, 3.05) is 38.3 Å². The molecule has 272 valence electrons. The van der Waals surface area contributed by atoms with Crippen LogP contribution in [0, 0.1) is 10.1 Å². The lowest BCUT2D eigenvalue weighted by molar-refractivity contribution is -0.383. The SMILES string of the molecule is CCCCCC(=O)OC[C@H](COP(=O)(O)OCC(O)CO)OC(=O)CCCCCCCCCCCNc1ccc([N+](=O)[O-])c2nonc12. The molecule has 1 aromatic heterocycles. The average molecular weight is 705 g/mol. The molecule has 0 aliphatic rings. The lowest BCUT2D eigenvalue weighted by Crippen LogP contribution is -2.29. The van der Waals surface area contributed by atoms with Crippen LogP contribution in [0.5, 0.6) is 0 Å². The van der Waals surface area contributed by atoms with Gasteiger partial charge in [-0.2, -0.15) is 0 Å². The number of hydrogen-bond donors (Lipinski definition) is 4. The number of aliphatic hydroxyl groups is 2. The van der Waals surface area contributed by atoms with Crippen LogP contribution >= 0.6 is 7.82 Å². The Morgan fingerprint density at radius 1 is 0.917 bits per heavy atom. The molecule has 1 heterocycles. The normalized spacial score (nSPS) is 13.9. The topological polar surface area (TPSA) is 243 Å². The zero-order valence-corrected chi connectivity index (χ0v) is 28.4. The number of rotatable bonds is 28. The lowest BCUT2D eigenvalue weighted by Gasteiger charge is -2.20. The molecule has 0 saturated heterocycles. The molecule has 2 rings (SSSR count). The molecule has 17 nitrogen and oxygen atoms in total. The van der Waals surface area contributed by atoms with Gasteiger partial charge in [-0.05, 0) is 35.6 Å². The highest BCUT2D eigenvalue weighted by atomic mass is 31.2. The van der Waals surface area contributed by atoms with Gasteiger partial charge in [-0.1, -0.05) is 64.7 Å². The summed E-state index contributed by atoms with van der Waals surface area (Å²) in [6.45, 7) is 0.441. The monoisotopic (exact) mass is 704 g/mol. The second-order valence-electron chi connectivity index (χ2n) is 11.4. The number of anilines is 1. The van der Waals surface area contributed by atoms with E-state index in [-0.39, 0.29) is 30.7 Å². The van der Waals surface area contributed by atoms with Crippen molar-refractivity contribution in [3.05, 3.63) is 22.2 Å². The number of ether oxygens (including phenoxy) is 2. The van der Waals surface area contributed by atoms with E-state index in [1.54, 1.807) is 6.07 Å². The fourth-order valence-corrected chi connectivity index (χ4v) is 5.37. The van der Waals surface area contributed by atoms with Crippen molar-refractivity contribution >= 4 is 42.2 Å². The first-order valence-corrected chi connectivity index (χ1v) is 17.9. The first-order chi connectivity index (χ1) is 23.1. The molecule has 0 aliphatic carbocycles. The van der Waals surface area contributed by atoms with Gasteiger partial charge in [-0.25, -0.2) is 9.19 Å². The number of aromatic nitrogens is 2. The van der Waals surface area contributed by atoms with Crippen LogP contribution in [0.4, 0.5) is 11.4 Å². The van der Waals surface area contributed by atoms with Gasteiger partial charge in [0.15, 0.2) is 11.6 Å². The second-order valence-corrected chi connectivity index (χ2v) is 12.8. The molecule has 2 unspecified atom stereocenters. The standard InChI is InChI=1S/C30H49N4O13P/c1-2-3-11-14-27(37)43-21-24(22-45-48(41,42)44-20-23(36)19-35)46-28(38)15-12-9-7-5-4-6-8-10-13-18-31-25-16-17-26(34(39)40)30-29(25)32-47-33-30/h16-17,23-24,31,35-36H,2-15,18-22H2,1H3,(H,41,42)/t23?,24-/m1/s1. The summed E-state index contributed by atoms with van der Waals surface area (Å²) in [6.07, 6.45) is 8.78. The van der Waals surface area contributed by atoms with Crippen molar-refractivity contribution in [1.82, 2.24) is 10.3 Å². The van der Waals surface area contributed by atoms with Crippen LogP contribution < -0.4 is 5.32 Å². The summed E-state index contributed by atoms with van der Waals surface area (Å²) in [4.78, 5) is 44.8. The minimum atomic E-state index is -4.63. The minimum Gasteiger partial charge on any atom is -0.462 e. The second kappa shape index (κ2) is 23.2. The van der Waals surface area contributed by atoms with Gasteiger partial charge in [-0.15, -0.1) is 0 Å². The third-order valence-electron chi connectivity index (χ3n) is 7.24. The Labute approximate surface area is 279 Å². The number of carbonyl (C=O) groups is 2. The number of nitro benzene ring substituents is 1. The predicted molar refractivity (Wildman–Crippen MR) is 173 cm³/mol. The number of phosphoric acid groups is 1. The molecule has 0 radical (unpaired) electrons. The van der Waals surface area contributed by atoms with Gasteiger partial charge in [0.1, 0.15) is 12.7 Å². The molecular weight excluding hydrogens is 655 g/mol. The quantitative estimate of drug-likeness (QED) is 0.0300. The molecule has 48 heavy (non-hydrogen) atoms. The largest absolute Gasteiger partial charge is 0.472 e. The first kappa shape index (κ1) is 41.0. The molecule has 0 spiro atoms. The maximum atomic E-state index is 12.4. The first-order valence-electron chi connectivity index (χ1n) is 16.5. The summed E-state index contributed by atoms with van der Waals surface area (Å²) >= 11 is 0. The van der Waals surface area contributed by atoms with Crippen LogP contribution in [-0.4, -0.2) is 87.5 Å². The summed E-state index contributed by atoms with van der Waals surface area (Å²) in [5, 5.41) is 39.9. The summed E-state index contributed by atoms with van der Waals surface area (Å²) in [6, 6.07) is 2.98. The van der Waals surface area contributed by atoms with E-state index >= 15 is 0 Å². The molecule has 4 N–H and O–H groups in total. The van der Waals surface area contributed by atoms with Crippen LogP contribution in [0.1, 0.15) is 96.8 Å². The minimum absolute atomic E-state index is 0.118. The van der Waals surface area contributed by atoms with Crippen LogP contribution in [0.15, 0.2) is 16.8 Å². The van der Waals surface area contributed by atoms with Gasteiger partial charge >= 0.3 is 25.4 Å². The third kappa shape index (κ3) is 16.8. The molecule has 0 bridgehead atoms. The number of fused-ring (bicyclic) bond motifs is 1. The fraction of sp³-hybridized carbons (Fsp3) is 0.733. The molecule has 0 fully saturated rings. The number of nitrogens with one attached hydrogen (secondary N) is 1. The van der Waals surface area contributed by atoms with Crippen LogP contribution in [-0.2, 0) is 32.7 Å². The maximum Gasteiger partial charge on any atom is 0.472 e. The molecule has 0 aliphatic heterocycles. The number of phosphoric ester groups is 1. The number of carbonyl (C=O) groups excluding carboxylic acids is 2. The number of aliphatic hydroxyl groups excluding tert-OH is 2. The van der Waals surface area contributed by atoms with E-state index in [1.807, 2.05) is 6.92 Å². The Kier molecular flexibility index (Phi) is 19.8. The maximum absolute atomic E-state index is 12.4. The van der Waals surface area contributed by atoms with E-state index in [0.717, 1.165) is 64.2 Å². The smallest absolute Gasteiger partial charge is 0.462 e. The Morgan fingerprint density at radius 2 is 1.52 bits per heavy atom. The average Bonchev–Trinajstić information content (AvgIpc) is 3.56. The summed E-state index contributed by atoms with van der Waals surface area (Å²) < 4.78 is 36.8. The Bertz CT molecular complexity index is 1290. The molecule has 3 atom stereocenters. The van der Waals surface area contributed by atoms with Gasteiger partial charge in [0, 0.05) is 25.5 Å². The number of esters is 2. The number of unbranched alkanes of at least 4 members (excludes halogenated alkanes) is 10. The van der Waals surface area contributed by atoms with Crippen molar-refractivity contribution < 1.29 is 57.3 Å². The fourth-order valence-electron chi connectivity index (χ4n) is 4.58. The van der Waals surface area contributed by atoms with Crippen LogP contribution in [0.2, 0.25) is 0 Å². The van der Waals surface area contributed by atoms with E-state index in [1.165, 1.54) is 6.07 Å². The number of benzene rings is 1. The van der Waals surface area contributed by atoms with Gasteiger partial charge in [0.25, 0.3) is 0 Å². The Hall–Kier alpha value is -3.21. The van der Waals surface area contributed by atoms with Gasteiger partial charge in [0.05, 0.1) is 30.4 Å². The summed E-state index contributed by atoms with van der Waals surface area (Å²) in [5.41, 5.74) is 0.944. The Morgan fingerprint density at radius 3 is 2.19 bits per heavy atom. The van der Waals surface area contributed by atoms with Gasteiger partial charge < -0.3 is 29.9 Å². The summed E-state index contributed by atoms with van der Waals surface area (Å²) in [5.74, 6) is -1.04. The van der Waals surface area contributed by atoms with Crippen molar-refractivity contribution in [2.24, 2.45) is 0 Å². The number of hydrogen-bond acceptors (Lipinski definition) is 15. The molecule has 0 saturated carbocycles. The zero-order chi connectivity index (χ0) is 35.2. The molecule has 0 amide bonds. The molecule has 1 aromatic carbocycles. The zero-order valence-electron chi connectivity index (χ0n) is 27.5. The predicted octanol–water partition coefficient (Wildman–Crippen LogP) is 4.97. The van der Waals surface area contributed by atoms with E-state index < -0.39 is 56.7 Å². The van der Waals surface area contributed by atoms with Crippen molar-refractivity contribution in [2.45, 2.75) is 109 Å². The van der Waals surface area contributed by atoms with Crippen molar-refractivity contribution in [3.63, 3.8) is 0 Å². The molecule has 18 heteroatoms. The molecular formula is C30H49N4O13P. The van der Waals surface area contributed by atoms with Gasteiger partial charge in [0.2, 0.25) is 5.52 Å². The lowest BCUT2D eigenvalue weighted by atomic mass is 10.1. The van der Waals surface area contributed by atoms with Gasteiger partial charge in [-0.3, -0.25) is 28.8 Å². The van der Waals surface area contributed by atoms with Crippen LogP contribution in [0.3, 0.4) is 0 Å². The highest BCUT2D eigenvalue weighted by molar-refractivity contribution is 7.47.